The molecular weight excluding hydrogens is 266 g/mol. The molecular formula is C13H24BrNO. The van der Waals surface area contributed by atoms with E-state index >= 15 is 0 Å². The highest BCUT2D eigenvalue weighted by molar-refractivity contribution is 9.09. The highest BCUT2D eigenvalue weighted by Crippen LogP contribution is 2.23. The first-order valence-corrected chi connectivity index (χ1v) is 7.69. The zero-order chi connectivity index (χ0) is 11.8. The predicted molar refractivity (Wildman–Crippen MR) is 71.9 cm³/mol. The number of halogens is 1. The molecule has 3 heteroatoms. The third kappa shape index (κ3) is 4.86. The van der Waals surface area contributed by atoms with E-state index in [2.05, 4.69) is 15.9 Å². The number of nitrogens with zero attached hydrogens (tertiary/aromatic N) is 1. The number of carbonyl (C=O) groups excluding carboxylic acids is 1. The largest absolute Gasteiger partial charge is 0.345 e. The molecule has 1 fully saturated rings. The summed E-state index contributed by atoms with van der Waals surface area (Å²) in [6.45, 7) is 0.889. The molecule has 94 valence electrons. The molecule has 0 aliphatic heterocycles. The monoisotopic (exact) mass is 289 g/mol. The maximum atomic E-state index is 12.2. The molecule has 0 saturated heterocycles. The molecule has 0 aromatic heterocycles. The fraction of sp³-hybridized carbons (Fsp3) is 0.923. The van der Waals surface area contributed by atoms with Gasteiger partial charge in [-0.05, 0) is 19.3 Å². The van der Waals surface area contributed by atoms with Gasteiger partial charge in [0.05, 0.1) is 0 Å². The Morgan fingerprint density at radius 1 is 1.19 bits per heavy atom. The summed E-state index contributed by atoms with van der Waals surface area (Å²) in [6, 6.07) is 0. The number of amides is 1. The van der Waals surface area contributed by atoms with Crippen molar-refractivity contribution in [3.05, 3.63) is 0 Å². The Kier molecular flexibility index (Phi) is 7.10. The summed E-state index contributed by atoms with van der Waals surface area (Å²) in [5, 5.41) is 0.981. The van der Waals surface area contributed by atoms with Crippen LogP contribution in [-0.2, 0) is 4.79 Å². The first-order valence-electron chi connectivity index (χ1n) is 6.56. The van der Waals surface area contributed by atoms with Gasteiger partial charge in [-0.25, -0.2) is 0 Å². The van der Waals surface area contributed by atoms with Crippen molar-refractivity contribution in [2.45, 2.75) is 51.4 Å². The van der Waals surface area contributed by atoms with Gasteiger partial charge in [0.1, 0.15) is 0 Å². The van der Waals surface area contributed by atoms with Crippen LogP contribution in [0.4, 0.5) is 0 Å². The van der Waals surface area contributed by atoms with Crippen LogP contribution in [0.25, 0.3) is 0 Å². The van der Waals surface area contributed by atoms with Crippen molar-refractivity contribution in [3.8, 4) is 0 Å². The summed E-state index contributed by atoms with van der Waals surface area (Å²) in [5.74, 6) is 0.684. The van der Waals surface area contributed by atoms with Gasteiger partial charge in [0.25, 0.3) is 0 Å². The van der Waals surface area contributed by atoms with Crippen molar-refractivity contribution < 1.29 is 4.79 Å². The minimum atomic E-state index is 0.306. The summed E-state index contributed by atoms with van der Waals surface area (Å²) < 4.78 is 0. The Hall–Kier alpha value is -0.0500. The van der Waals surface area contributed by atoms with Gasteiger partial charge in [0.2, 0.25) is 5.91 Å². The molecule has 1 saturated carbocycles. The fourth-order valence-electron chi connectivity index (χ4n) is 2.42. The van der Waals surface area contributed by atoms with E-state index in [1.54, 1.807) is 0 Å². The zero-order valence-corrected chi connectivity index (χ0v) is 12.0. The number of rotatable bonds is 4. The molecule has 2 nitrogen and oxygen atoms in total. The van der Waals surface area contributed by atoms with E-state index in [-0.39, 0.29) is 0 Å². The van der Waals surface area contributed by atoms with Crippen molar-refractivity contribution >= 4 is 21.8 Å². The average molecular weight is 290 g/mol. The quantitative estimate of drug-likeness (QED) is 0.725. The summed E-state index contributed by atoms with van der Waals surface area (Å²) >= 11 is 3.41. The maximum Gasteiger partial charge on any atom is 0.225 e. The van der Waals surface area contributed by atoms with Gasteiger partial charge in [-0.1, -0.05) is 48.0 Å². The lowest BCUT2D eigenvalue weighted by atomic mass is 9.90. The minimum absolute atomic E-state index is 0.306. The molecule has 0 heterocycles. The van der Waals surface area contributed by atoms with Crippen LogP contribution in [0.1, 0.15) is 51.4 Å². The highest BCUT2D eigenvalue weighted by atomic mass is 79.9. The molecule has 0 radical (unpaired) electrons. The lowest BCUT2D eigenvalue weighted by Crippen LogP contribution is -2.34. The van der Waals surface area contributed by atoms with Crippen molar-refractivity contribution in [1.29, 1.82) is 0 Å². The third-order valence-corrected chi connectivity index (χ3v) is 4.02. The minimum Gasteiger partial charge on any atom is -0.345 e. The first kappa shape index (κ1) is 14.0. The van der Waals surface area contributed by atoms with E-state index in [9.17, 15) is 4.79 Å². The van der Waals surface area contributed by atoms with Crippen molar-refractivity contribution in [1.82, 2.24) is 4.90 Å². The molecule has 0 atom stereocenters. The molecule has 0 bridgehead atoms. The molecule has 0 spiro atoms. The van der Waals surface area contributed by atoms with E-state index < -0.39 is 0 Å². The summed E-state index contributed by atoms with van der Waals surface area (Å²) in [4.78, 5) is 14.1. The van der Waals surface area contributed by atoms with Crippen LogP contribution < -0.4 is 0 Å². The third-order valence-electron chi connectivity index (χ3n) is 3.46. The van der Waals surface area contributed by atoms with E-state index in [0.29, 0.717) is 11.8 Å². The molecule has 1 aliphatic carbocycles. The molecule has 1 aliphatic rings. The number of alkyl halides is 1. The second kappa shape index (κ2) is 8.10. The van der Waals surface area contributed by atoms with Gasteiger partial charge in [0, 0.05) is 24.8 Å². The fourth-order valence-corrected chi connectivity index (χ4v) is 2.67. The van der Waals surface area contributed by atoms with E-state index in [1.165, 1.54) is 32.1 Å². The van der Waals surface area contributed by atoms with Gasteiger partial charge < -0.3 is 4.90 Å². The van der Waals surface area contributed by atoms with Gasteiger partial charge in [0.15, 0.2) is 0 Å². The number of hydrogen-bond acceptors (Lipinski definition) is 1. The molecule has 0 unspecified atom stereocenters. The number of hydrogen-bond donors (Lipinski definition) is 0. The van der Waals surface area contributed by atoms with Crippen molar-refractivity contribution in [3.63, 3.8) is 0 Å². The van der Waals surface area contributed by atoms with Crippen LogP contribution in [0.15, 0.2) is 0 Å². The van der Waals surface area contributed by atoms with Gasteiger partial charge in [-0.2, -0.15) is 0 Å². The van der Waals surface area contributed by atoms with Crippen LogP contribution >= 0.6 is 15.9 Å². The number of carbonyl (C=O) groups is 1. The van der Waals surface area contributed by atoms with Crippen molar-refractivity contribution in [2.75, 3.05) is 18.9 Å². The van der Waals surface area contributed by atoms with Gasteiger partial charge >= 0.3 is 0 Å². The van der Waals surface area contributed by atoms with Crippen LogP contribution in [0.5, 0.6) is 0 Å². The normalized spacial score (nSPS) is 18.9. The lowest BCUT2D eigenvalue weighted by Gasteiger charge is -2.25. The summed E-state index contributed by atoms with van der Waals surface area (Å²) in [5.41, 5.74) is 0. The summed E-state index contributed by atoms with van der Waals surface area (Å²) in [7, 11) is 1.95. The van der Waals surface area contributed by atoms with Crippen LogP contribution in [0.3, 0.4) is 0 Å². The molecule has 0 N–H and O–H groups in total. The molecule has 0 aromatic carbocycles. The van der Waals surface area contributed by atoms with Gasteiger partial charge in [-0.3, -0.25) is 4.79 Å². The maximum absolute atomic E-state index is 12.2. The highest BCUT2D eigenvalue weighted by Gasteiger charge is 2.21. The van der Waals surface area contributed by atoms with E-state index in [4.69, 9.17) is 0 Å². The van der Waals surface area contributed by atoms with E-state index in [1.807, 2.05) is 11.9 Å². The van der Waals surface area contributed by atoms with E-state index in [0.717, 1.165) is 31.1 Å². The van der Waals surface area contributed by atoms with Crippen molar-refractivity contribution in [2.24, 2.45) is 5.92 Å². The predicted octanol–water partition coefficient (Wildman–Crippen LogP) is 3.59. The summed E-state index contributed by atoms with van der Waals surface area (Å²) in [6.07, 6.45) is 9.74. The Labute approximate surface area is 108 Å². The average Bonchev–Trinajstić information content (AvgIpc) is 2.24. The molecule has 1 amide bonds. The molecule has 0 aromatic rings. The SMILES string of the molecule is CN(CCCBr)C(=O)C1CCCCCCC1. The topological polar surface area (TPSA) is 20.3 Å². The standard InChI is InChI=1S/C13H24BrNO/c1-15(11-7-10-14)13(16)12-8-5-3-2-4-6-9-12/h12H,2-11H2,1H3. The smallest absolute Gasteiger partial charge is 0.225 e. The Balaban J connectivity index is 2.37. The van der Waals surface area contributed by atoms with Crippen LogP contribution in [0, 0.1) is 5.92 Å². The Bertz CT molecular complexity index is 200. The van der Waals surface area contributed by atoms with Gasteiger partial charge in [-0.15, -0.1) is 0 Å². The Morgan fingerprint density at radius 2 is 1.75 bits per heavy atom. The van der Waals surface area contributed by atoms with Crippen LogP contribution in [-0.4, -0.2) is 29.7 Å². The molecule has 16 heavy (non-hydrogen) atoms. The second-order valence-electron chi connectivity index (χ2n) is 4.84. The second-order valence-corrected chi connectivity index (χ2v) is 5.64. The Morgan fingerprint density at radius 3 is 2.31 bits per heavy atom. The molecule has 1 rings (SSSR count). The zero-order valence-electron chi connectivity index (χ0n) is 10.4. The van der Waals surface area contributed by atoms with Crippen LogP contribution in [0.2, 0.25) is 0 Å². The lowest BCUT2D eigenvalue weighted by molar-refractivity contribution is -0.134. The first-order chi connectivity index (χ1) is 7.75.